The molecule has 2 aromatic rings. The van der Waals surface area contributed by atoms with Crippen LogP contribution in [0.1, 0.15) is 0 Å². The Kier molecular flexibility index (Phi) is 4.58. The monoisotopic (exact) mass is 322 g/mol. The van der Waals surface area contributed by atoms with E-state index in [-0.39, 0.29) is 0 Å². The van der Waals surface area contributed by atoms with Gasteiger partial charge in [-0.1, -0.05) is 67.1 Å². The predicted molar refractivity (Wildman–Crippen MR) is 80.5 cm³/mol. The molecule has 0 saturated carbocycles. The predicted octanol–water partition coefficient (Wildman–Crippen LogP) is 4.93. The van der Waals surface area contributed by atoms with E-state index in [4.69, 9.17) is 46.4 Å². The molecule has 0 aliphatic carbocycles. The normalized spacial score (nSPS) is 10.6. The summed E-state index contributed by atoms with van der Waals surface area (Å²) in [5, 5.41) is 4.60. The minimum Gasteiger partial charge on any atom is -0.0843 e. The van der Waals surface area contributed by atoms with Gasteiger partial charge in [0, 0.05) is 20.1 Å². The van der Waals surface area contributed by atoms with Crippen molar-refractivity contribution in [2.24, 2.45) is 0 Å². The van der Waals surface area contributed by atoms with Crippen LogP contribution >= 0.6 is 55.0 Å². The van der Waals surface area contributed by atoms with Gasteiger partial charge in [0.1, 0.15) is 0 Å². The largest absolute Gasteiger partial charge is 0.0843 e. The van der Waals surface area contributed by atoms with Crippen molar-refractivity contribution in [3.05, 3.63) is 56.5 Å². The molecule has 2 aromatic carbocycles. The van der Waals surface area contributed by atoms with Gasteiger partial charge in [-0.05, 0) is 34.9 Å². The molecular formula is C12H7Cl4P. The molecule has 0 radical (unpaired) electrons. The molecular weight excluding hydrogens is 317 g/mol. The van der Waals surface area contributed by atoms with Gasteiger partial charge in [-0.15, -0.1) is 0 Å². The summed E-state index contributed by atoms with van der Waals surface area (Å²) in [6.07, 6.45) is 0. The minimum absolute atomic E-state index is 0.386. The summed E-state index contributed by atoms with van der Waals surface area (Å²) >= 11 is 23.9. The summed E-state index contributed by atoms with van der Waals surface area (Å²) in [6, 6.07) is 10.9. The lowest BCUT2D eigenvalue weighted by atomic mass is 10.3. The lowest BCUT2D eigenvalue weighted by molar-refractivity contribution is 1.75. The summed E-state index contributed by atoms with van der Waals surface area (Å²) in [6.45, 7) is 0. The highest BCUT2D eigenvalue weighted by Gasteiger charge is 2.06. The molecule has 0 nitrogen and oxygen atoms in total. The second-order valence-corrected chi connectivity index (χ2v) is 6.39. The third-order valence-electron chi connectivity index (χ3n) is 2.13. The van der Waals surface area contributed by atoms with E-state index >= 15 is 0 Å². The molecule has 0 amide bonds. The molecule has 0 bridgehead atoms. The molecule has 88 valence electrons. The van der Waals surface area contributed by atoms with Crippen LogP contribution < -0.4 is 10.6 Å². The van der Waals surface area contributed by atoms with E-state index in [1.807, 2.05) is 24.3 Å². The van der Waals surface area contributed by atoms with E-state index < -0.39 is 0 Å². The molecule has 0 aromatic heterocycles. The minimum atomic E-state index is 0.386. The van der Waals surface area contributed by atoms with Crippen LogP contribution in [-0.4, -0.2) is 0 Å². The highest BCUT2D eigenvalue weighted by molar-refractivity contribution is 7.56. The van der Waals surface area contributed by atoms with Crippen LogP contribution in [0.5, 0.6) is 0 Å². The van der Waals surface area contributed by atoms with Gasteiger partial charge in [0.25, 0.3) is 0 Å². The Balaban J connectivity index is 2.31. The first-order valence-corrected chi connectivity index (χ1v) is 7.24. The van der Waals surface area contributed by atoms with E-state index in [0.29, 0.717) is 28.7 Å². The molecule has 5 heteroatoms. The van der Waals surface area contributed by atoms with Gasteiger partial charge < -0.3 is 0 Å². The first-order valence-electron chi connectivity index (χ1n) is 4.73. The standard InChI is InChI=1S/C12H7Cl4P/c13-7-1-3-11(9(15)5-7)17-12-4-2-8(14)6-10(12)16/h1-6,17H. The zero-order valence-electron chi connectivity index (χ0n) is 8.48. The van der Waals surface area contributed by atoms with Crippen molar-refractivity contribution >= 4 is 65.6 Å². The van der Waals surface area contributed by atoms with Gasteiger partial charge in [-0.25, -0.2) is 0 Å². The van der Waals surface area contributed by atoms with Gasteiger partial charge >= 0.3 is 0 Å². The lowest BCUT2D eigenvalue weighted by Gasteiger charge is -2.07. The molecule has 0 N–H and O–H groups in total. The van der Waals surface area contributed by atoms with Crippen LogP contribution in [0.3, 0.4) is 0 Å². The lowest BCUT2D eigenvalue weighted by Crippen LogP contribution is -2.05. The summed E-state index contributed by atoms with van der Waals surface area (Å²) in [4.78, 5) is 0. The molecule has 0 unspecified atom stereocenters. The fourth-order valence-corrected chi connectivity index (χ4v) is 3.43. The van der Waals surface area contributed by atoms with E-state index in [1.165, 1.54) is 0 Å². The van der Waals surface area contributed by atoms with Crippen LogP contribution in [0, 0.1) is 0 Å². The molecule has 0 atom stereocenters. The Labute approximate surface area is 122 Å². The third-order valence-corrected chi connectivity index (χ3v) is 4.95. The summed E-state index contributed by atoms with van der Waals surface area (Å²) < 4.78 is 0. The summed E-state index contributed by atoms with van der Waals surface area (Å²) in [7, 11) is 0.386. The molecule has 0 aliphatic heterocycles. The fraction of sp³-hybridized carbons (Fsp3) is 0. The quantitative estimate of drug-likeness (QED) is 0.687. The summed E-state index contributed by atoms with van der Waals surface area (Å²) in [5.74, 6) is 0. The van der Waals surface area contributed by atoms with Crippen LogP contribution in [-0.2, 0) is 0 Å². The van der Waals surface area contributed by atoms with Crippen molar-refractivity contribution in [3.63, 3.8) is 0 Å². The summed E-state index contributed by atoms with van der Waals surface area (Å²) in [5.41, 5.74) is 0. The number of hydrogen-bond donors (Lipinski definition) is 0. The SMILES string of the molecule is Clc1ccc(Pc2ccc(Cl)cc2Cl)c(Cl)c1. The van der Waals surface area contributed by atoms with E-state index in [9.17, 15) is 0 Å². The second kappa shape index (κ2) is 5.78. The van der Waals surface area contributed by atoms with Crippen LogP contribution in [0.25, 0.3) is 0 Å². The first kappa shape index (κ1) is 13.5. The Hall–Kier alpha value is 0.0300. The van der Waals surface area contributed by atoms with Crippen LogP contribution in [0.15, 0.2) is 36.4 Å². The maximum Gasteiger partial charge on any atom is 0.0498 e. The van der Waals surface area contributed by atoms with Gasteiger partial charge in [-0.3, -0.25) is 0 Å². The van der Waals surface area contributed by atoms with Crippen molar-refractivity contribution < 1.29 is 0 Å². The van der Waals surface area contributed by atoms with E-state index in [0.717, 1.165) is 10.6 Å². The van der Waals surface area contributed by atoms with Crippen molar-refractivity contribution in [2.75, 3.05) is 0 Å². The maximum absolute atomic E-state index is 6.12. The van der Waals surface area contributed by atoms with Crippen molar-refractivity contribution in [2.45, 2.75) is 0 Å². The number of benzene rings is 2. The molecule has 0 spiro atoms. The maximum atomic E-state index is 6.12. The van der Waals surface area contributed by atoms with E-state index in [1.54, 1.807) is 12.1 Å². The molecule has 2 rings (SSSR count). The van der Waals surface area contributed by atoms with Gasteiger partial charge in [0.05, 0.1) is 0 Å². The zero-order chi connectivity index (χ0) is 12.4. The van der Waals surface area contributed by atoms with Gasteiger partial charge in [-0.2, -0.15) is 0 Å². The van der Waals surface area contributed by atoms with Crippen LogP contribution in [0.2, 0.25) is 20.1 Å². The van der Waals surface area contributed by atoms with E-state index in [2.05, 4.69) is 0 Å². The first-order chi connectivity index (χ1) is 8.06. The molecule has 17 heavy (non-hydrogen) atoms. The number of halogens is 4. The zero-order valence-corrected chi connectivity index (χ0v) is 12.5. The van der Waals surface area contributed by atoms with Gasteiger partial charge in [0.15, 0.2) is 0 Å². The highest BCUT2D eigenvalue weighted by atomic mass is 35.5. The molecule has 0 aliphatic rings. The Morgan fingerprint density at radius 3 is 1.41 bits per heavy atom. The third kappa shape index (κ3) is 3.50. The Bertz CT molecular complexity index is 505. The Morgan fingerprint density at radius 2 is 1.06 bits per heavy atom. The van der Waals surface area contributed by atoms with Crippen molar-refractivity contribution in [3.8, 4) is 0 Å². The average Bonchev–Trinajstić information content (AvgIpc) is 2.25. The Morgan fingerprint density at radius 1 is 0.647 bits per heavy atom. The molecule has 0 fully saturated rings. The topological polar surface area (TPSA) is 0 Å². The number of rotatable bonds is 2. The molecule has 0 heterocycles. The van der Waals surface area contributed by atoms with Crippen molar-refractivity contribution in [1.82, 2.24) is 0 Å². The average molecular weight is 324 g/mol. The highest BCUT2D eigenvalue weighted by Crippen LogP contribution is 2.25. The fourth-order valence-electron chi connectivity index (χ4n) is 1.33. The smallest absolute Gasteiger partial charge is 0.0498 e. The second-order valence-electron chi connectivity index (χ2n) is 3.37. The van der Waals surface area contributed by atoms with Gasteiger partial charge in [0.2, 0.25) is 0 Å². The van der Waals surface area contributed by atoms with Crippen molar-refractivity contribution in [1.29, 1.82) is 0 Å². The molecule has 0 saturated heterocycles. The van der Waals surface area contributed by atoms with Crippen LogP contribution in [0.4, 0.5) is 0 Å². The number of hydrogen-bond acceptors (Lipinski definition) is 0.